The molecule has 6 heteroatoms. The minimum Gasteiger partial charge on any atom is -0.315 e. The van der Waals surface area contributed by atoms with Crippen LogP contribution in [0.4, 0.5) is 5.69 Å². The molecule has 2 atom stereocenters. The van der Waals surface area contributed by atoms with Crippen molar-refractivity contribution in [1.29, 1.82) is 0 Å². The molecule has 0 saturated carbocycles. The number of nitrogens with zero attached hydrogens (tertiary/aromatic N) is 2. The zero-order valence-corrected chi connectivity index (χ0v) is 14.9. The second kappa shape index (κ2) is 7.84. The third-order valence-electron chi connectivity index (χ3n) is 5.27. The summed E-state index contributed by atoms with van der Waals surface area (Å²) in [5, 5.41) is 3.51. The molecule has 0 aliphatic carbocycles. The minimum absolute atomic E-state index is 0. The molecule has 0 unspecified atom stereocenters. The number of carbonyl (C=O) groups is 1. The highest BCUT2D eigenvalue weighted by molar-refractivity contribution is 5.95. The van der Waals surface area contributed by atoms with Crippen LogP contribution >= 0.6 is 24.8 Å². The van der Waals surface area contributed by atoms with Gasteiger partial charge in [0.05, 0.1) is 0 Å². The highest BCUT2D eigenvalue weighted by Crippen LogP contribution is 2.29. The van der Waals surface area contributed by atoms with E-state index in [1.54, 1.807) is 0 Å². The molecule has 0 aromatic heterocycles. The van der Waals surface area contributed by atoms with Gasteiger partial charge in [-0.2, -0.15) is 0 Å². The van der Waals surface area contributed by atoms with Crippen molar-refractivity contribution in [3.8, 4) is 0 Å². The molecule has 0 bridgehead atoms. The lowest BCUT2D eigenvalue weighted by atomic mass is 10.0. The Morgan fingerprint density at radius 3 is 2.57 bits per heavy atom. The van der Waals surface area contributed by atoms with Crippen LogP contribution in [-0.4, -0.2) is 43.0 Å². The molecule has 3 saturated heterocycles. The van der Waals surface area contributed by atoms with Crippen LogP contribution in [-0.2, 0) is 11.3 Å². The van der Waals surface area contributed by atoms with E-state index in [0.29, 0.717) is 6.42 Å². The lowest BCUT2D eigenvalue weighted by molar-refractivity contribution is -0.117. The van der Waals surface area contributed by atoms with Crippen molar-refractivity contribution >= 4 is 36.4 Å². The summed E-state index contributed by atoms with van der Waals surface area (Å²) in [7, 11) is 0. The van der Waals surface area contributed by atoms with Crippen molar-refractivity contribution in [2.75, 3.05) is 31.1 Å². The third kappa shape index (κ3) is 3.66. The molecule has 23 heavy (non-hydrogen) atoms. The molecule has 1 amide bonds. The van der Waals surface area contributed by atoms with E-state index in [0.717, 1.165) is 43.7 Å². The Balaban J connectivity index is 0.000000960. The molecular formula is C17H25Cl2N3O. The summed E-state index contributed by atoms with van der Waals surface area (Å²) in [5.41, 5.74) is 2.42. The van der Waals surface area contributed by atoms with Gasteiger partial charge in [0, 0.05) is 37.8 Å². The molecule has 128 valence electrons. The average Bonchev–Trinajstić information content (AvgIpc) is 3.19. The summed E-state index contributed by atoms with van der Waals surface area (Å²) >= 11 is 0. The van der Waals surface area contributed by atoms with Crippen LogP contribution in [0.1, 0.15) is 24.8 Å². The lowest BCUT2D eigenvalue weighted by Gasteiger charge is -2.23. The maximum absolute atomic E-state index is 11.8. The van der Waals surface area contributed by atoms with Gasteiger partial charge in [-0.25, -0.2) is 0 Å². The van der Waals surface area contributed by atoms with Gasteiger partial charge in [0.1, 0.15) is 0 Å². The van der Waals surface area contributed by atoms with Crippen LogP contribution in [0.2, 0.25) is 0 Å². The van der Waals surface area contributed by atoms with Crippen LogP contribution in [0.5, 0.6) is 0 Å². The second-order valence-corrected chi connectivity index (χ2v) is 6.56. The summed E-state index contributed by atoms with van der Waals surface area (Å²) in [5.74, 6) is 1.12. The number of carbonyl (C=O) groups excluding carboxylic acids is 1. The van der Waals surface area contributed by atoms with E-state index in [9.17, 15) is 4.79 Å². The fourth-order valence-electron chi connectivity index (χ4n) is 4.07. The standard InChI is InChI=1S/C17H23N3O.2ClH/c21-17-2-1-8-20(17)15-5-3-13(4-6-15)12-19-9-7-14-10-18-11-16(14)19;;/h3-6,14,16,18H,1-2,7-12H2;2*1H/t14-,16+;;/m0../s1. The van der Waals surface area contributed by atoms with E-state index in [4.69, 9.17) is 0 Å². The quantitative estimate of drug-likeness (QED) is 0.902. The van der Waals surface area contributed by atoms with E-state index in [1.165, 1.54) is 25.1 Å². The zero-order chi connectivity index (χ0) is 14.2. The van der Waals surface area contributed by atoms with Gasteiger partial charge in [-0.05, 0) is 49.5 Å². The second-order valence-electron chi connectivity index (χ2n) is 6.56. The van der Waals surface area contributed by atoms with Gasteiger partial charge in [0.15, 0.2) is 0 Å². The Morgan fingerprint density at radius 2 is 1.87 bits per heavy atom. The molecule has 3 aliphatic heterocycles. The van der Waals surface area contributed by atoms with Gasteiger partial charge < -0.3 is 10.2 Å². The predicted molar refractivity (Wildman–Crippen MR) is 97.7 cm³/mol. The van der Waals surface area contributed by atoms with Crippen LogP contribution in [0, 0.1) is 5.92 Å². The van der Waals surface area contributed by atoms with Gasteiger partial charge in [0.25, 0.3) is 0 Å². The molecular weight excluding hydrogens is 333 g/mol. The fraction of sp³-hybridized carbons (Fsp3) is 0.588. The normalized spacial score (nSPS) is 26.8. The van der Waals surface area contributed by atoms with Crippen molar-refractivity contribution in [3.05, 3.63) is 29.8 Å². The number of halogens is 2. The van der Waals surface area contributed by atoms with Gasteiger partial charge in [-0.1, -0.05) is 12.1 Å². The number of hydrogen-bond acceptors (Lipinski definition) is 3. The molecule has 1 aromatic carbocycles. The van der Waals surface area contributed by atoms with Crippen LogP contribution < -0.4 is 10.2 Å². The Labute approximate surface area is 150 Å². The Kier molecular flexibility index (Phi) is 6.32. The third-order valence-corrected chi connectivity index (χ3v) is 5.27. The largest absolute Gasteiger partial charge is 0.315 e. The number of hydrogen-bond donors (Lipinski definition) is 1. The maximum atomic E-state index is 11.8. The molecule has 3 fully saturated rings. The van der Waals surface area contributed by atoms with E-state index in [-0.39, 0.29) is 30.7 Å². The molecule has 4 nitrogen and oxygen atoms in total. The smallest absolute Gasteiger partial charge is 0.227 e. The monoisotopic (exact) mass is 357 g/mol. The van der Waals surface area contributed by atoms with Crippen LogP contribution in [0.3, 0.4) is 0 Å². The topological polar surface area (TPSA) is 35.6 Å². The average molecular weight is 358 g/mol. The van der Waals surface area contributed by atoms with Crippen molar-refractivity contribution in [2.45, 2.75) is 31.8 Å². The van der Waals surface area contributed by atoms with Crippen LogP contribution in [0.25, 0.3) is 0 Å². The first-order chi connectivity index (χ1) is 10.3. The SMILES string of the molecule is Cl.Cl.O=C1CCCN1c1ccc(CN2CC[C@H]3CNC[C@H]32)cc1. The molecule has 0 radical (unpaired) electrons. The van der Waals surface area contributed by atoms with Gasteiger partial charge >= 0.3 is 0 Å². The maximum Gasteiger partial charge on any atom is 0.227 e. The van der Waals surface area contributed by atoms with E-state index in [2.05, 4.69) is 34.5 Å². The number of amides is 1. The number of anilines is 1. The minimum atomic E-state index is 0. The molecule has 0 spiro atoms. The fourth-order valence-corrected chi connectivity index (χ4v) is 4.07. The van der Waals surface area contributed by atoms with Crippen LogP contribution in [0.15, 0.2) is 24.3 Å². The van der Waals surface area contributed by atoms with Crippen molar-refractivity contribution < 1.29 is 4.79 Å². The Hall–Kier alpha value is -0.810. The lowest BCUT2D eigenvalue weighted by Crippen LogP contribution is -2.33. The van der Waals surface area contributed by atoms with Gasteiger partial charge in [-0.3, -0.25) is 9.69 Å². The first-order valence-electron chi connectivity index (χ1n) is 8.15. The zero-order valence-electron chi connectivity index (χ0n) is 13.2. The van der Waals surface area contributed by atoms with Crippen molar-refractivity contribution in [1.82, 2.24) is 10.2 Å². The van der Waals surface area contributed by atoms with E-state index >= 15 is 0 Å². The summed E-state index contributed by atoms with van der Waals surface area (Å²) in [6.45, 7) is 5.47. The van der Waals surface area contributed by atoms with Crippen molar-refractivity contribution in [2.24, 2.45) is 5.92 Å². The highest BCUT2D eigenvalue weighted by Gasteiger charge is 2.37. The number of benzene rings is 1. The van der Waals surface area contributed by atoms with E-state index in [1.807, 2.05) is 4.90 Å². The first-order valence-corrected chi connectivity index (χ1v) is 8.15. The molecule has 4 rings (SSSR count). The summed E-state index contributed by atoms with van der Waals surface area (Å²) in [6, 6.07) is 9.33. The van der Waals surface area contributed by atoms with E-state index < -0.39 is 0 Å². The number of nitrogens with one attached hydrogen (secondary N) is 1. The first kappa shape index (κ1) is 18.5. The van der Waals surface area contributed by atoms with Gasteiger partial charge in [-0.15, -0.1) is 24.8 Å². The molecule has 3 aliphatic rings. The number of rotatable bonds is 3. The van der Waals surface area contributed by atoms with Crippen molar-refractivity contribution in [3.63, 3.8) is 0 Å². The summed E-state index contributed by atoms with van der Waals surface area (Å²) in [6.07, 6.45) is 3.02. The Bertz CT molecular complexity index is 537. The predicted octanol–water partition coefficient (Wildman–Crippen LogP) is 2.45. The summed E-state index contributed by atoms with van der Waals surface area (Å²) in [4.78, 5) is 16.3. The van der Waals surface area contributed by atoms with Gasteiger partial charge in [0.2, 0.25) is 5.91 Å². The molecule has 1 aromatic rings. The Morgan fingerprint density at radius 1 is 1.09 bits per heavy atom. The highest BCUT2D eigenvalue weighted by atomic mass is 35.5. The molecule has 1 N–H and O–H groups in total. The summed E-state index contributed by atoms with van der Waals surface area (Å²) < 4.78 is 0. The molecule has 3 heterocycles. The number of likely N-dealkylation sites (tertiary alicyclic amines) is 1. The number of fused-ring (bicyclic) bond motifs is 1.